The van der Waals surface area contributed by atoms with Gasteiger partial charge in [0.2, 0.25) is 5.91 Å². The number of piperazine rings is 1. The van der Waals surface area contributed by atoms with Crippen LogP contribution in [0.5, 0.6) is 0 Å². The van der Waals surface area contributed by atoms with Gasteiger partial charge in [-0.1, -0.05) is 12.1 Å². The van der Waals surface area contributed by atoms with Crippen LogP contribution >= 0.6 is 0 Å². The van der Waals surface area contributed by atoms with Gasteiger partial charge in [0.25, 0.3) is 5.91 Å². The van der Waals surface area contributed by atoms with Crippen molar-refractivity contribution in [3.05, 3.63) is 52.8 Å². The van der Waals surface area contributed by atoms with E-state index >= 15 is 0 Å². The van der Waals surface area contributed by atoms with Crippen molar-refractivity contribution in [2.24, 2.45) is 0 Å². The number of benzene rings is 1. The van der Waals surface area contributed by atoms with Crippen LogP contribution in [-0.2, 0) is 11.3 Å². The van der Waals surface area contributed by atoms with Crippen molar-refractivity contribution >= 4 is 11.8 Å². The van der Waals surface area contributed by atoms with Crippen molar-refractivity contribution in [2.75, 3.05) is 32.7 Å². The molecule has 2 aliphatic rings. The molecule has 1 aromatic heterocycles. The highest BCUT2D eigenvalue weighted by molar-refractivity contribution is 5.94. The Morgan fingerprint density at radius 2 is 1.86 bits per heavy atom. The maximum absolute atomic E-state index is 13.0. The van der Waals surface area contributed by atoms with E-state index in [0.29, 0.717) is 37.8 Å². The molecule has 0 bridgehead atoms. The summed E-state index contributed by atoms with van der Waals surface area (Å²) < 4.78 is 1.96. The second-order valence-electron chi connectivity index (χ2n) is 8.20. The highest BCUT2D eigenvalue weighted by Crippen LogP contribution is 2.18. The van der Waals surface area contributed by atoms with Gasteiger partial charge in [0.1, 0.15) is 0 Å². The number of carbonyl (C=O) groups excluding carboxylic acids is 2. The summed E-state index contributed by atoms with van der Waals surface area (Å²) in [5.74, 6) is 0.159. The van der Waals surface area contributed by atoms with Gasteiger partial charge < -0.3 is 10.2 Å². The molecule has 1 saturated heterocycles. The zero-order chi connectivity index (χ0) is 20.4. The number of aryl methyl sites for hydroxylation is 2. The Morgan fingerprint density at radius 3 is 2.52 bits per heavy atom. The molecule has 1 aliphatic carbocycles. The normalized spacial score (nSPS) is 17.4. The Kier molecular flexibility index (Phi) is 5.67. The summed E-state index contributed by atoms with van der Waals surface area (Å²) in [6, 6.07) is 10.3. The summed E-state index contributed by atoms with van der Waals surface area (Å²) >= 11 is 0. The summed E-state index contributed by atoms with van der Waals surface area (Å²) in [5, 5.41) is 7.53. The first-order chi connectivity index (χ1) is 14.0. The van der Waals surface area contributed by atoms with Crippen LogP contribution in [0.4, 0.5) is 0 Å². The third-order valence-electron chi connectivity index (χ3n) is 5.58. The van der Waals surface area contributed by atoms with Gasteiger partial charge in [-0.3, -0.25) is 19.2 Å². The second-order valence-corrected chi connectivity index (χ2v) is 8.20. The number of amides is 2. The largest absolute Gasteiger partial charge is 0.352 e. The minimum absolute atomic E-state index is 0.0577. The molecule has 0 unspecified atom stereocenters. The van der Waals surface area contributed by atoms with E-state index in [9.17, 15) is 9.59 Å². The third kappa shape index (κ3) is 5.03. The van der Waals surface area contributed by atoms with Gasteiger partial charge in [-0.15, -0.1) is 0 Å². The van der Waals surface area contributed by atoms with E-state index in [-0.39, 0.29) is 11.8 Å². The van der Waals surface area contributed by atoms with Crippen LogP contribution in [0.2, 0.25) is 0 Å². The number of hydrogen-bond acceptors (Lipinski definition) is 4. The van der Waals surface area contributed by atoms with Crippen LogP contribution in [0.1, 0.15) is 40.2 Å². The summed E-state index contributed by atoms with van der Waals surface area (Å²) in [6.45, 7) is 7.87. The molecular weight excluding hydrogens is 366 g/mol. The van der Waals surface area contributed by atoms with E-state index in [0.717, 1.165) is 42.9 Å². The van der Waals surface area contributed by atoms with Crippen molar-refractivity contribution in [1.29, 1.82) is 0 Å². The van der Waals surface area contributed by atoms with Gasteiger partial charge in [-0.05, 0) is 50.5 Å². The van der Waals surface area contributed by atoms with Gasteiger partial charge in [0.05, 0.1) is 18.8 Å². The van der Waals surface area contributed by atoms with E-state index in [1.165, 1.54) is 0 Å². The number of nitrogens with zero attached hydrogens (tertiary/aromatic N) is 4. The average molecular weight is 396 g/mol. The van der Waals surface area contributed by atoms with E-state index in [1.54, 1.807) is 0 Å². The number of aromatic nitrogens is 2. The average Bonchev–Trinajstić information content (AvgIpc) is 3.45. The molecule has 0 radical (unpaired) electrons. The molecular formula is C22H29N5O2. The molecule has 4 rings (SSSR count). The quantitative estimate of drug-likeness (QED) is 0.806. The van der Waals surface area contributed by atoms with Crippen LogP contribution in [0.15, 0.2) is 30.3 Å². The van der Waals surface area contributed by atoms with E-state index in [2.05, 4.69) is 21.4 Å². The molecule has 1 saturated carbocycles. The van der Waals surface area contributed by atoms with Crippen LogP contribution in [0.3, 0.4) is 0 Å². The molecule has 2 amide bonds. The lowest BCUT2D eigenvalue weighted by Gasteiger charge is -2.34. The monoisotopic (exact) mass is 395 g/mol. The van der Waals surface area contributed by atoms with Crippen molar-refractivity contribution in [1.82, 2.24) is 24.9 Å². The maximum Gasteiger partial charge on any atom is 0.253 e. The van der Waals surface area contributed by atoms with Crippen LogP contribution in [0, 0.1) is 13.8 Å². The molecule has 0 atom stereocenters. The van der Waals surface area contributed by atoms with Crippen molar-refractivity contribution < 1.29 is 9.59 Å². The Hall–Kier alpha value is -2.67. The molecule has 1 N–H and O–H groups in total. The van der Waals surface area contributed by atoms with E-state index in [4.69, 9.17) is 0 Å². The minimum Gasteiger partial charge on any atom is -0.352 e. The number of rotatable bonds is 6. The van der Waals surface area contributed by atoms with Gasteiger partial charge >= 0.3 is 0 Å². The van der Waals surface area contributed by atoms with Crippen molar-refractivity contribution in [2.45, 2.75) is 39.3 Å². The molecule has 2 aromatic rings. The maximum atomic E-state index is 13.0. The van der Waals surface area contributed by atoms with Crippen molar-refractivity contribution in [3.8, 4) is 0 Å². The zero-order valence-corrected chi connectivity index (χ0v) is 17.2. The fraction of sp³-hybridized carbons (Fsp3) is 0.500. The van der Waals surface area contributed by atoms with Crippen LogP contribution < -0.4 is 5.32 Å². The molecule has 7 nitrogen and oxygen atoms in total. The summed E-state index contributed by atoms with van der Waals surface area (Å²) in [4.78, 5) is 28.9. The lowest BCUT2D eigenvalue weighted by atomic mass is 10.1. The van der Waals surface area contributed by atoms with Gasteiger partial charge in [-0.25, -0.2) is 0 Å². The Morgan fingerprint density at radius 1 is 1.10 bits per heavy atom. The van der Waals surface area contributed by atoms with E-state index < -0.39 is 0 Å². The molecule has 1 aliphatic heterocycles. The standard InChI is InChI=1S/C22H29N5O2/c1-16-12-17(2)27(24-16)14-18-4-3-5-19(13-18)22(29)26-10-8-25(9-11-26)15-21(28)23-20-6-7-20/h3-5,12-13,20H,6-11,14-15H2,1-2H3,(H,23,28). The smallest absolute Gasteiger partial charge is 0.253 e. The van der Waals surface area contributed by atoms with Crippen LogP contribution in [-0.4, -0.2) is 70.2 Å². The first-order valence-corrected chi connectivity index (χ1v) is 10.4. The first-order valence-electron chi connectivity index (χ1n) is 10.4. The summed E-state index contributed by atoms with van der Waals surface area (Å²) in [7, 11) is 0. The fourth-order valence-corrected chi connectivity index (χ4v) is 3.81. The molecule has 1 aromatic carbocycles. The first kappa shape index (κ1) is 19.6. The Labute approximate surface area is 171 Å². The molecule has 7 heteroatoms. The molecule has 154 valence electrons. The highest BCUT2D eigenvalue weighted by atomic mass is 16.2. The third-order valence-corrected chi connectivity index (χ3v) is 5.58. The molecule has 2 heterocycles. The zero-order valence-electron chi connectivity index (χ0n) is 17.2. The number of carbonyl (C=O) groups is 2. The van der Waals surface area contributed by atoms with Crippen LogP contribution in [0.25, 0.3) is 0 Å². The second kappa shape index (κ2) is 8.37. The molecule has 29 heavy (non-hydrogen) atoms. The minimum atomic E-state index is 0.0577. The van der Waals surface area contributed by atoms with Crippen molar-refractivity contribution in [3.63, 3.8) is 0 Å². The predicted molar refractivity (Wildman–Crippen MR) is 111 cm³/mol. The fourth-order valence-electron chi connectivity index (χ4n) is 3.81. The lowest BCUT2D eigenvalue weighted by Crippen LogP contribution is -2.51. The Bertz CT molecular complexity index is 894. The molecule has 2 fully saturated rings. The number of hydrogen-bond donors (Lipinski definition) is 1. The van der Waals surface area contributed by atoms with Gasteiger partial charge in [0, 0.05) is 43.5 Å². The van der Waals surface area contributed by atoms with Gasteiger partial charge in [-0.2, -0.15) is 5.10 Å². The topological polar surface area (TPSA) is 70.5 Å². The molecule has 0 spiro atoms. The lowest BCUT2D eigenvalue weighted by molar-refractivity contribution is -0.122. The summed E-state index contributed by atoms with van der Waals surface area (Å²) in [6.07, 6.45) is 2.21. The number of nitrogens with one attached hydrogen (secondary N) is 1. The predicted octanol–water partition coefficient (Wildman–Crippen LogP) is 1.58. The Balaban J connectivity index is 1.32. The highest BCUT2D eigenvalue weighted by Gasteiger charge is 2.26. The SMILES string of the molecule is Cc1cc(C)n(Cc2cccc(C(=O)N3CCN(CC(=O)NC4CC4)CC3)c2)n1. The van der Waals surface area contributed by atoms with E-state index in [1.807, 2.05) is 47.7 Å². The van der Waals surface area contributed by atoms with Gasteiger partial charge in [0.15, 0.2) is 0 Å². The summed E-state index contributed by atoms with van der Waals surface area (Å²) in [5.41, 5.74) is 3.89.